The number of rotatable bonds is 2. The molecule has 2 aliphatic heterocycles. The molecule has 5 heteroatoms. The summed E-state index contributed by atoms with van der Waals surface area (Å²) >= 11 is 0. The van der Waals surface area contributed by atoms with Crippen molar-refractivity contribution in [1.82, 2.24) is 5.32 Å². The van der Waals surface area contributed by atoms with Gasteiger partial charge >= 0.3 is 0 Å². The zero-order chi connectivity index (χ0) is 11.8. The van der Waals surface area contributed by atoms with Crippen LogP contribution in [-0.4, -0.2) is 32.1 Å². The molecule has 3 rings (SSSR count). The summed E-state index contributed by atoms with van der Waals surface area (Å²) in [6.45, 7) is 1.51. The van der Waals surface area contributed by atoms with Crippen molar-refractivity contribution in [3.63, 3.8) is 0 Å². The lowest BCUT2D eigenvalue weighted by molar-refractivity contribution is 0.0408. The minimum absolute atomic E-state index is 0.0914. The van der Waals surface area contributed by atoms with E-state index in [4.69, 9.17) is 14.2 Å². The van der Waals surface area contributed by atoms with E-state index in [-0.39, 0.29) is 18.6 Å². The molecule has 0 saturated carbocycles. The summed E-state index contributed by atoms with van der Waals surface area (Å²) in [5, 5.41) is 13.1. The van der Waals surface area contributed by atoms with E-state index >= 15 is 0 Å². The lowest BCUT2D eigenvalue weighted by atomic mass is 9.95. The van der Waals surface area contributed by atoms with Crippen LogP contribution in [0.4, 0.5) is 0 Å². The van der Waals surface area contributed by atoms with Gasteiger partial charge in [0.05, 0.1) is 12.7 Å². The summed E-state index contributed by atoms with van der Waals surface area (Å²) in [5.74, 6) is 1.60. The Kier molecular flexibility index (Phi) is 2.57. The quantitative estimate of drug-likeness (QED) is 0.802. The SMILES string of the molecule is CNCC1OCCc2c(O)cc3c(c21)OCO3. The van der Waals surface area contributed by atoms with Crippen LogP contribution in [0.2, 0.25) is 0 Å². The van der Waals surface area contributed by atoms with Gasteiger partial charge in [-0.1, -0.05) is 0 Å². The van der Waals surface area contributed by atoms with Crippen molar-refractivity contribution in [3.05, 3.63) is 17.2 Å². The molecule has 17 heavy (non-hydrogen) atoms. The number of nitrogens with one attached hydrogen (secondary N) is 1. The Hall–Kier alpha value is -1.46. The molecule has 92 valence electrons. The van der Waals surface area contributed by atoms with Crippen LogP contribution in [0.1, 0.15) is 17.2 Å². The molecule has 1 aromatic carbocycles. The standard InChI is InChI=1S/C12H15NO4/c1-13-5-10-11-7(2-3-15-10)8(14)4-9-12(11)17-6-16-9/h4,10,13-14H,2-3,5-6H2,1H3. The van der Waals surface area contributed by atoms with E-state index in [2.05, 4.69) is 5.32 Å². The molecule has 0 spiro atoms. The number of hydrogen-bond donors (Lipinski definition) is 2. The van der Waals surface area contributed by atoms with Crippen LogP contribution in [0.3, 0.4) is 0 Å². The van der Waals surface area contributed by atoms with E-state index in [0.717, 1.165) is 16.9 Å². The molecule has 1 aromatic rings. The Morgan fingerprint density at radius 3 is 3.18 bits per heavy atom. The number of phenols is 1. The van der Waals surface area contributed by atoms with Crippen LogP contribution in [-0.2, 0) is 11.2 Å². The summed E-state index contributed by atoms with van der Waals surface area (Å²) in [6, 6.07) is 1.63. The van der Waals surface area contributed by atoms with Gasteiger partial charge in [-0.2, -0.15) is 0 Å². The van der Waals surface area contributed by atoms with E-state index in [9.17, 15) is 5.11 Å². The molecule has 0 aromatic heterocycles. The van der Waals surface area contributed by atoms with Crippen molar-refractivity contribution in [3.8, 4) is 17.2 Å². The Morgan fingerprint density at radius 1 is 1.47 bits per heavy atom. The lowest BCUT2D eigenvalue weighted by Crippen LogP contribution is -2.25. The molecule has 2 heterocycles. The maximum Gasteiger partial charge on any atom is 0.231 e. The molecule has 1 unspecified atom stereocenters. The van der Waals surface area contributed by atoms with E-state index in [1.807, 2.05) is 7.05 Å². The highest BCUT2D eigenvalue weighted by atomic mass is 16.7. The number of fused-ring (bicyclic) bond motifs is 3. The number of phenolic OH excluding ortho intramolecular Hbond substituents is 1. The summed E-state index contributed by atoms with van der Waals surface area (Å²) in [6.07, 6.45) is 0.615. The topological polar surface area (TPSA) is 60.0 Å². The second-order valence-corrected chi connectivity index (χ2v) is 4.19. The first-order valence-electron chi connectivity index (χ1n) is 5.71. The second kappa shape index (κ2) is 4.09. The average molecular weight is 237 g/mol. The van der Waals surface area contributed by atoms with E-state index in [0.29, 0.717) is 25.3 Å². The second-order valence-electron chi connectivity index (χ2n) is 4.19. The molecule has 0 fully saturated rings. The van der Waals surface area contributed by atoms with Gasteiger partial charge in [0.1, 0.15) is 5.75 Å². The van der Waals surface area contributed by atoms with Crippen LogP contribution in [0, 0.1) is 0 Å². The van der Waals surface area contributed by atoms with Crippen LogP contribution < -0.4 is 14.8 Å². The third kappa shape index (κ3) is 1.62. The first kappa shape index (κ1) is 10.7. The van der Waals surface area contributed by atoms with Gasteiger partial charge in [-0.25, -0.2) is 0 Å². The summed E-state index contributed by atoms with van der Waals surface area (Å²) < 4.78 is 16.5. The highest BCUT2D eigenvalue weighted by Crippen LogP contribution is 2.47. The number of benzene rings is 1. The summed E-state index contributed by atoms with van der Waals surface area (Å²) in [7, 11) is 1.87. The highest BCUT2D eigenvalue weighted by molar-refractivity contribution is 5.59. The molecule has 2 N–H and O–H groups in total. The zero-order valence-corrected chi connectivity index (χ0v) is 9.66. The Morgan fingerprint density at radius 2 is 2.35 bits per heavy atom. The maximum absolute atomic E-state index is 9.99. The van der Waals surface area contributed by atoms with Crippen molar-refractivity contribution in [2.45, 2.75) is 12.5 Å². The third-order valence-corrected chi connectivity index (χ3v) is 3.17. The van der Waals surface area contributed by atoms with Crippen molar-refractivity contribution >= 4 is 0 Å². The van der Waals surface area contributed by atoms with Gasteiger partial charge in [-0.3, -0.25) is 0 Å². The van der Waals surface area contributed by atoms with Crippen LogP contribution in [0.15, 0.2) is 6.07 Å². The van der Waals surface area contributed by atoms with Crippen molar-refractivity contribution in [1.29, 1.82) is 0 Å². The van der Waals surface area contributed by atoms with Gasteiger partial charge in [-0.05, 0) is 13.5 Å². The van der Waals surface area contributed by atoms with Crippen molar-refractivity contribution in [2.75, 3.05) is 27.0 Å². The molecule has 0 aliphatic carbocycles. The summed E-state index contributed by atoms with van der Waals surface area (Å²) in [5.41, 5.74) is 1.85. The Bertz CT molecular complexity index is 443. The van der Waals surface area contributed by atoms with E-state index in [1.54, 1.807) is 6.07 Å². The Balaban J connectivity index is 2.13. The number of hydrogen-bond acceptors (Lipinski definition) is 5. The predicted octanol–water partition coefficient (Wildman–Crippen LogP) is 0.954. The number of likely N-dealkylation sites (N-methyl/N-ethyl adjacent to an activating group) is 1. The average Bonchev–Trinajstić information content (AvgIpc) is 2.78. The first-order chi connectivity index (χ1) is 8.31. The number of aromatic hydroxyl groups is 1. The van der Waals surface area contributed by atoms with Crippen LogP contribution >= 0.6 is 0 Å². The molecule has 0 amide bonds. The minimum atomic E-state index is -0.0914. The fraction of sp³-hybridized carbons (Fsp3) is 0.500. The van der Waals surface area contributed by atoms with E-state index in [1.165, 1.54) is 0 Å². The molecule has 5 nitrogen and oxygen atoms in total. The third-order valence-electron chi connectivity index (χ3n) is 3.17. The zero-order valence-electron chi connectivity index (χ0n) is 9.66. The Labute approximate surface area is 99.3 Å². The van der Waals surface area contributed by atoms with Gasteiger partial charge in [-0.15, -0.1) is 0 Å². The molecule has 1 atom stereocenters. The normalized spacial score (nSPS) is 21.4. The first-order valence-corrected chi connectivity index (χ1v) is 5.71. The molecule has 2 aliphatic rings. The fourth-order valence-electron chi connectivity index (χ4n) is 2.43. The number of ether oxygens (including phenoxy) is 3. The van der Waals surface area contributed by atoms with Crippen LogP contribution in [0.5, 0.6) is 17.2 Å². The van der Waals surface area contributed by atoms with E-state index < -0.39 is 0 Å². The lowest BCUT2D eigenvalue weighted by Gasteiger charge is -2.27. The predicted molar refractivity (Wildman–Crippen MR) is 60.6 cm³/mol. The molecular formula is C12H15NO4. The molecule has 0 saturated heterocycles. The van der Waals surface area contributed by atoms with Crippen molar-refractivity contribution in [2.24, 2.45) is 0 Å². The molecule has 0 bridgehead atoms. The molecular weight excluding hydrogens is 222 g/mol. The van der Waals surface area contributed by atoms with Gasteiger partial charge in [0.25, 0.3) is 0 Å². The van der Waals surface area contributed by atoms with Gasteiger partial charge in [0, 0.05) is 23.7 Å². The largest absolute Gasteiger partial charge is 0.508 e. The maximum atomic E-state index is 9.99. The fourth-order valence-corrected chi connectivity index (χ4v) is 2.43. The van der Waals surface area contributed by atoms with Crippen LogP contribution in [0.25, 0.3) is 0 Å². The van der Waals surface area contributed by atoms with Gasteiger partial charge in [0.2, 0.25) is 6.79 Å². The highest BCUT2D eigenvalue weighted by Gasteiger charge is 2.31. The minimum Gasteiger partial charge on any atom is -0.508 e. The monoisotopic (exact) mass is 237 g/mol. The van der Waals surface area contributed by atoms with Gasteiger partial charge in [0.15, 0.2) is 11.5 Å². The molecule has 0 radical (unpaired) electrons. The van der Waals surface area contributed by atoms with Crippen molar-refractivity contribution < 1.29 is 19.3 Å². The van der Waals surface area contributed by atoms with Gasteiger partial charge < -0.3 is 24.6 Å². The smallest absolute Gasteiger partial charge is 0.231 e. The summed E-state index contributed by atoms with van der Waals surface area (Å²) in [4.78, 5) is 0.